The van der Waals surface area contributed by atoms with E-state index in [2.05, 4.69) is 38.2 Å². The Morgan fingerprint density at radius 3 is 2.39 bits per heavy atom. The molecule has 2 atom stereocenters. The topological polar surface area (TPSA) is 44.8 Å². The van der Waals surface area contributed by atoms with Crippen molar-refractivity contribution in [1.82, 2.24) is 15.1 Å². The summed E-state index contributed by atoms with van der Waals surface area (Å²) in [6, 6.07) is 0.917. The Hall–Kier alpha value is -0.810. The van der Waals surface area contributed by atoms with Crippen LogP contribution in [0.1, 0.15) is 53.9 Å². The van der Waals surface area contributed by atoms with E-state index in [-0.39, 0.29) is 6.09 Å². The van der Waals surface area contributed by atoms with Gasteiger partial charge >= 0.3 is 6.09 Å². The van der Waals surface area contributed by atoms with Gasteiger partial charge in [0.05, 0.1) is 0 Å². The molecule has 0 aromatic carbocycles. The zero-order valence-corrected chi connectivity index (χ0v) is 16.2. The highest BCUT2D eigenvalue weighted by molar-refractivity contribution is 5.68. The summed E-state index contributed by atoms with van der Waals surface area (Å²) in [5, 5.41) is 3.67. The lowest BCUT2D eigenvalue weighted by atomic mass is 9.93. The first-order valence-electron chi connectivity index (χ1n) is 9.05. The normalized spacial score (nSPS) is 20.4. The average molecular weight is 328 g/mol. The van der Waals surface area contributed by atoms with Gasteiger partial charge in [-0.05, 0) is 47.2 Å². The molecule has 5 nitrogen and oxygen atoms in total. The lowest BCUT2D eigenvalue weighted by Crippen LogP contribution is -2.47. The molecule has 0 aromatic heterocycles. The summed E-state index contributed by atoms with van der Waals surface area (Å²) in [7, 11) is 4.32. The molecule has 1 heterocycles. The van der Waals surface area contributed by atoms with Gasteiger partial charge in [-0.3, -0.25) is 0 Å². The van der Waals surface area contributed by atoms with Crippen LogP contribution in [0.15, 0.2) is 0 Å². The first kappa shape index (κ1) is 20.2. The van der Waals surface area contributed by atoms with Gasteiger partial charge in [0.25, 0.3) is 0 Å². The van der Waals surface area contributed by atoms with Crippen LogP contribution >= 0.6 is 0 Å². The Morgan fingerprint density at radius 2 is 1.91 bits per heavy atom. The molecule has 0 aromatic rings. The van der Waals surface area contributed by atoms with Crippen molar-refractivity contribution < 1.29 is 9.53 Å². The Bertz CT molecular complexity index is 362. The maximum absolute atomic E-state index is 12.1. The van der Waals surface area contributed by atoms with Gasteiger partial charge in [0.1, 0.15) is 5.60 Å². The van der Waals surface area contributed by atoms with E-state index >= 15 is 0 Å². The Morgan fingerprint density at radius 1 is 1.30 bits per heavy atom. The summed E-state index contributed by atoms with van der Waals surface area (Å²) in [5.41, 5.74) is -0.423. The monoisotopic (exact) mass is 327 g/mol. The molecule has 136 valence electrons. The van der Waals surface area contributed by atoms with Crippen LogP contribution in [0.2, 0.25) is 0 Å². The van der Waals surface area contributed by atoms with Gasteiger partial charge in [-0.15, -0.1) is 0 Å². The molecule has 1 rings (SSSR count). The molecule has 0 bridgehead atoms. The van der Waals surface area contributed by atoms with Crippen molar-refractivity contribution in [3.05, 3.63) is 0 Å². The molecule has 1 N–H and O–H groups in total. The summed E-state index contributed by atoms with van der Waals surface area (Å²) < 4.78 is 5.46. The van der Waals surface area contributed by atoms with Crippen LogP contribution in [-0.2, 0) is 4.74 Å². The fraction of sp³-hybridized carbons (Fsp3) is 0.944. The third-order valence-electron chi connectivity index (χ3n) is 4.71. The van der Waals surface area contributed by atoms with Crippen molar-refractivity contribution in [2.45, 2.75) is 71.6 Å². The predicted octanol–water partition coefficient (Wildman–Crippen LogP) is 2.95. The van der Waals surface area contributed by atoms with E-state index in [9.17, 15) is 4.79 Å². The lowest BCUT2D eigenvalue weighted by Gasteiger charge is -2.32. The van der Waals surface area contributed by atoms with Gasteiger partial charge in [0, 0.05) is 31.7 Å². The third kappa shape index (κ3) is 6.68. The van der Waals surface area contributed by atoms with E-state index in [1.165, 1.54) is 12.8 Å². The first-order chi connectivity index (χ1) is 10.7. The average Bonchev–Trinajstić information content (AvgIpc) is 2.90. The van der Waals surface area contributed by atoms with E-state index in [1.807, 2.05) is 25.7 Å². The molecular weight excluding hydrogens is 290 g/mol. The van der Waals surface area contributed by atoms with Crippen LogP contribution < -0.4 is 5.32 Å². The minimum atomic E-state index is -0.423. The summed E-state index contributed by atoms with van der Waals surface area (Å²) in [5.74, 6) is 0.709. The molecule has 1 aliphatic rings. The van der Waals surface area contributed by atoms with Gasteiger partial charge in [-0.2, -0.15) is 0 Å². The van der Waals surface area contributed by atoms with Gasteiger partial charge in [0.2, 0.25) is 0 Å². The number of carbonyl (C=O) groups is 1. The molecular formula is C18H37N3O2. The smallest absolute Gasteiger partial charge is 0.410 e. The van der Waals surface area contributed by atoms with Crippen LogP contribution in [0.3, 0.4) is 0 Å². The van der Waals surface area contributed by atoms with Crippen molar-refractivity contribution >= 4 is 6.09 Å². The molecule has 1 amide bonds. The number of hydrogen-bond donors (Lipinski definition) is 1. The molecule has 1 fully saturated rings. The molecule has 5 heteroatoms. The molecule has 0 radical (unpaired) electrons. The number of ether oxygens (including phenoxy) is 1. The second-order valence-corrected chi connectivity index (χ2v) is 7.93. The largest absolute Gasteiger partial charge is 0.444 e. The van der Waals surface area contributed by atoms with E-state index < -0.39 is 5.60 Å². The van der Waals surface area contributed by atoms with Crippen LogP contribution in [0, 0.1) is 5.92 Å². The number of likely N-dealkylation sites (tertiary alicyclic amines) is 1. The lowest BCUT2D eigenvalue weighted by molar-refractivity contribution is 0.0290. The Kier molecular flexibility index (Phi) is 7.81. The molecule has 0 aliphatic carbocycles. The second-order valence-electron chi connectivity index (χ2n) is 7.93. The van der Waals surface area contributed by atoms with E-state index in [0.717, 1.165) is 26.1 Å². The summed E-state index contributed by atoms with van der Waals surface area (Å²) in [6.07, 6.45) is 3.22. The van der Waals surface area contributed by atoms with Crippen molar-refractivity contribution in [2.24, 2.45) is 5.92 Å². The van der Waals surface area contributed by atoms with Crippen molar-refractivity contribution in [3.8, 4) is 0 Å². The zero-order valence-electron chi connectivity index (χ0n) is 16.2. The fourth-order valence-corrected chi connectivity index (χ4v) is 3.31. The summed E-state index contributed by atoms with van der Waals surface area (Å²) in [6.45, 7) is 12.8. The van der Waals surface area contributed by atoms with Crippen molar-refractivity contribution in [3.63, 3.8) is 0 Å². The molecule has 1 aliphatic heterocycles. The Labute approximate surface area is 142 Å². The molecule has 1 saturated heterocycles. The summed E-state index contributed by atoms with van der Waals surface area (Å²) in [4.78, 5) is 16.3. The molecule has 0 saturated carbocycles. The highest BCUT2D eigenvalue weighted by atomic mass is 16.6. The van der Waals surface area contributed by atoms with Crippen LogP contribution in [-0.4, -0.2) is 67.3 Å². The standard InChI is InChI=1S/C18H37N3O2/c1-8-14(9-2)16(20(6)7)12-19-15-10-11-21(13-15)17(22)23-18(3,4)5/h14-16,19H,8-13H2,1-7H3. The molecule has 0 spiro atoms. The fourth-order valence-electron chi connectivity index (χ4n) is 3.31. The van der Waals surface area contributed by atoms with Crippen LogP contribution in [0.25, 0.3) is 0 Å². The number of nitrogens with zero attached hydrogens (tertiary/aromatic N) is 2. The van der Waals surface area contributed by atoms with Crippen molar-refractivity contribution in [2.75, 3.05) is 33.7 Å². The molecule has 23 heavy (non-hydrogen) atoms. The highest BCUT2D eigenvalue weighted by Gasteiger charge is 2.30. The quantitative estimate of drug-likeness (QED) is 0.781. The minimum Gasteiger partial charge on any atom is -0.444 e. The minimum absolute atomic E-state index is 0.189. The van der Waals surface area contributed by atoms with Crippen molar-refractivity contribution in [1.29, 1.82) is 0 Å². The second kappa shape index (κ2) is 8.88. The summed E-state index contributed by atoms with van der Waals surface area (Å²) >= 11 is 0. The van der Waals surface area contributed by atoms with Gasteiger partial charge < -0.3 is 19.9 Å². The van der Waals surface area contributed by atoms with Crippen LogP contribution in [0.5, 0.6) is 0 Å². The van der Waals surface area contributed by atoms with E-state index in [4.69, 9.17) is 4.74 Å². The maximum Gasteiger partial charge on any atom is 0.410 e. The highest BCUT2D eigenvalue weighted by Crippen LogP contribution is 2.18. The first-order valence-corrected chi connectivity index (χ1v) is 9.05. The SMILES string of the molecule is CCC(CC)C(CNC1CCN(C(=O)OC(C)(C)C)C1)N(C)C. The number of carbonyl (C=O) groups excluding carboxylic acids is 1. The number of likely N-dealkylation sites (N-methyl/N-ethyl adjacent to an activating group) is 1. The number of amides is 1. The zero-order chi connectivity index (χ0) is 17.6. The van der Waals surface area contributed by atoms with E-state index in [0.29, 0.717) is 18.0 Å². The van der Waals surface area contributed by atoms with E-state index in [1.54, 1.807) is 0 Å². The number of rotatable bonds is 7. The third-order valence-corrected chi connectivity index (χ3v) is 4.71. The predicted molar refractivity (Wildman–Crippen MR) is 95.8 cm³/mol. The number of hydrogen-bond acceptors (Lipinski definition) is 4. The maximum atomic E-state index is 12.1. The Balaban J connectivity index is 2.46. The van der Waals surface area contributed by atoms with Gasteiger partial charge in [-0.1, -0.05) is 26.7 Å². The van der Waals surface area contributed by atoms with Crippen LogP contribution in [0.4, 0.5) is 4.79 Å². The molecule has 2 unspecified atom stereocenters. The van der Waals surface area contributed by atoms with Gasteiger partial charge in [-0.25, -0.2) is 4.79 Å². The number of nitrogens with one attached hydrogen (secondary N) is 1. The van der Waals surface area contributed by atoms with Gasteiger partial charge in [0.15, 0.2) is 0 Å².